The Kier molecular flexibility index (Phi) is 6.63. The summed E-state index contributed by atoms with van der Waals surface area (Å²) in [7, 11) is 0. The average Bonchev–Trinajstić information content (AvgIpc) is 3.17. The van der Waals surface area contributed by atoms with Gasteiger partial charge in [0.25, 0.3) is 5.56 Å². The molecule has 4 aromatic rings. The van der Waals surface area contributed by atoms with Gasteiger partial charge < -0.3 is 5.32 Å². The Morgan fingerprint density at radius 2 is 1.56 bits per heavy atom. The van der Waals surface area contributed by atoms with E-state index < -0.39 is 6.04 Å². The standard InChI is InChI=1S/C27H31N5O2/c1-6-23(26(33)28-16-15-21-11-7-17(2)8-12-21)32-27(34)25-24(19(4)29-32)20(5)31(30-25)22-13-9-18(3)10-14-22/h7-14,23H,6,15-16H2,1-5H3,(H,28,33)/t23-/m0/s1. The lowest BCUT2D eigenvalue weighted by Crippen LogP contribution is -2.39. The van der Waals surface area contributed by atoms with Crippen molar-refractivity contribution in [2.45, 2.75) is 53.5 Å². The fourth-order valence-electron chi connectivity index (χ4n) is 4.27. The van der Waals surface area contributed by atoms with Crippen LogP contribution in [0.5, 0.6) is 0 Å². The first kappa shape index (κ1) is 23.4. The molecule has 0 unspecified atom stereocenters. The molecule has 0 aliphatic rings. The van der Waals surface area contributed by atoms with Crippen molar-refractivity contribution >= 4 is 16.8 Å². The quantitative estimate of drug-likeness (QED) is 0.453. The predicted molar refractivity (Wildman–Crippen MR) is 135 cm³/mol. The topological polar surface area (TPSA) is 81.8 Å². The molecule has 2 heterocycles. The Hall–Kier alpha value is -3.74. The first-order valence-electron chi connectivity index (χ1n) is 11.7. The Morgan fingerprint density at radius 3 is 2.18 bits per heavy atom. The molecule has 0 fully saturated rings. The minimum atomic E-state index is -0.696. The number of rotatable bonds is 7. The van der Waals surface area contributed by atoms with E-state index in [1.165, 1.54) is 10.2 Å². The normalized spacial score (nSPS) is 12.1. The van der Waals surface area contributed by atoms with Crippen molar-refractivity contribution in [3.63, 3.8) is 0 Å². The number of benzene rings is 2. The van der Waals surface area contributed by atoms with Crippen molar-refractivity contribution in [2.24, 2.45) is 0 Å². The molecule has 176 valence electrons. The van der Waals surface area contributed by atoms with E-state index in [1.54, 1.807) is 4.68 Å². The molecule has 0 bridgehead atoms. The van der Waals surface area contributed by atoms with Crippen LogP contribution in [0, 0.1) is 27.7 Å². The summed E-state index contributed by atoms with van der Waals surface area (Å²) < 4.78 is 3.07. The molecule has 0 saturated carbocycles. The summed E-state index contributed by atoms with van der Waals surface area (Å²) in [6.45, 7) is 10.2. The molecule has 1 amide bonds. The summed E-state index contributed by atoms with van der Waals surface area (Å²) in [6.07, 6.45) is 1.18. The van der Waals surface area contributed by atoms with Crippen LogP contribution in [0.2, 0.25) is 0 Å². The number of fused-ring (bicyclic) bond motifs is 1. The zero-order valence-corrected chi connectivity index (χ0v) is 20.4. The van der Waals surface area contributed by atoms with Gasteiger partial charge in [-0.05, 0) is 58.2 Å². The van der Waals surface area contributed by atoms with Gasteiger partial charge in [-0.25, -0.2) is 9.36 Å². The number of nitrogens with one attached hydrogen (secondary N) is 1. The van der Waals surface area contributed by atoms with Crippen molar-refractivity contribution in [1.82, 2.24) is 24.9 Å². The van der Waals surface area contributed by atoms with E-state index in [4.69, 9.17) is 0 Å². The Bertz CT molecular complexity index is 1380. The molecule has 1 atom stereocenters. The van der Waals surface area contributed by atoms with E-state index in [0.29, 0.717) is 24.2 Å². The van der Waals surface area contributed by atoms with Gasteiger partial charge in [0.2, 0.25) is 5.91 Å². The number of aromatic nitrogens is 4. The molecule has 1 N–H and O–H groups in total. The summed E-state index contributed by atoms with van der Waals surface area (Å²) in [5.74, 6) is -0.211. The second-order valence-corrected chi connectivity index (χ2v) is 8.84. The van der Waals surface area contributed by atoms with Gasteiger partial charge in [0.1, 0.15) is 6.04 Å². The van der Waals surface area contributed by atoms with E-state index in [-0.39, 0.29) is 11.5 Å². The summed E-state index contributed by atoms with van der Waals surface area (Å²) in [5.41, 5.74) is 5.90. The molecule has 0 radical (unpaired) electrons. The van der Waals surface area contributed by atoms with E-state index in [0.717, 1.165) is 34.3 Å². The van der Waals surface area contributed by atoms with E-state index in [9.17, 15) is 9.59 Å². The van der Waals surface area contributed by atoms with Crippen LogP contribution < -0.4 is 10.9 Å². The highest BCUT2D eigenvalue weighted by Gasteiger charge is 2.25. The highest BCUT2D eigenvalue weighted by atomic mass is 16.2. The Labute approximate surface area is 199 Å². The van der Waals surface area contributed by atoms with Crippen molar-refractivity contribution in [1.29, 1.82) is 0 Å². The molecule has 34 heavy (non-hydrogen) atoms. The minimum Gasteiger partial charge on any atom is -0.354 e. The third-order valence-corrected chi connectivity index (χ3v) is 6.24. The number of amides is 1. The molecule has 0 aliphatic heterocycles. The zero-order chi connectivity index (χ0) is 24.4. The molecule has 0 aliphatic carbocycles. The second kappa shape index (κ2) is 9.63. The number of carbonyl (C=O) groups is 1. The third kappa shape index (κ3) is 4.51. The monoisotopic (exact) mass is 457 g/mol. The van der Waals surface area contributed by atoms with Gasteiger partial charge in [-0.2, -0.15) is 10.2 Å². The van der Waals surface area contributed by atoms with Crippen LogP contribution in [0.1, 0.15) is 47.5 Å². The number of aryl methyl sites for hydroxylation is 4. The van der Waals surface area contributed by atoms with Crippen LogP contribution in [0.15, 0.2) is 53.3 Å². The summed E-state index contributed by atoms with van der Waals surface area (Å²) in [4.78, 5) is 26.4. The smallest absolute Gasteiger partial charge is 0.295 e. The first-order valence-corrected chi connectivity index (χ1v) is 11.7. The van der Waals surface area contributed by atoms with Gasteiger partial charge in [-0.1, -0.05) is 54.4 Å². The van der Waals surface area contributed by atoms with Crippen molar-refractivity contribution in [2.75, 3.05) is 6.54 Å². The lowest BCUT2D eigenvalue weighted by Gasteiger charge is -2.17. The van der Waals surface area contributed by atoms with Crippen LogP contribution >= 0.6 is 0 Å². The molecule has 7 nitrogen and oxygen atoms in total. The largest absolute Gasteiger partial charge is 0.354 e. The molecule has 0 saturated heterocycles. The maximum Gasteiger partial charge on any atom is 0.295 e. The van der Waals surface area contributed by atoms with Crippen molar-refractivity contribution < 1.29 is 4.79 Å². The lowest BCUT2D eigenvalue weighted by atomic mass is 10.1. The van der Waals surface area contributed by atoms with Gasteiger partial charge in [0.15, 0.2) is 5.52 Å². The van der Waals surface area contributed by atoms with Gasteiger partial charge in [-0.15, -0.1) is 0 Å². The molecular formula is C27H31N5O2. The fraction of sp³-hybridized carbons (Fsp3) is 0.333. The van der Waals surface area contributed by atoms with Crippen molar-refractivity contribution in [3.8, 4) is 5.69 Å². The zero-order valence-electron chi connectivity index (χ0n) is 20.4. The number of nitrogens with zero attached hydrogens (tertiary/aromatic N) is 4. The molecule has 0 spiro atoms. The lowest BCUT2D eigenvalue weighted by molar-refractivity contribution is -0.124. The number of hydrogen-bond acceptors (Lipinski definition) is 4. The minimum absolute atomic E-state index is 0.211. The highest BCUT2D eigenvalue weighted by Crippen LogP contribution is 2.22. The summed E-state index contributed by atoms with van der Waals surface area (Å²) >= 11 is 0. The number of carbonyl (C=O) groups excluding carboxylic acids is 1. The molecule has 7 heteroatoms. The number of hydrogen-bond donors (Lipinski definition) is 1. The summed E-state index contributed by atoms with van der Waals surface area (Å²) in [6, 6.07) is 15.5. The second-order valence-electron chi connectivity index (χ2n) is 8.84. The molecule has 2 aromatic carbocycles. The van der Waals surface area contributed by atoms with E-state index in [2.05, 4.69) is 39.8 Å². The third-order valence-electron chi connectivity index (χ3n) is 6.24. The summed E-state index contributed by atoms with van der Waals surface area (Å²) in [5, 5.41) is 12.9. The van der Waals surface area contributed by atoms with Gasteiger partial charge in [-0.3, -0.25) is 9.59 Å². The van der Waals surface area contributed by atoms with Crippen LogP contribution in [-0.2, 0) is 11.2 Å². The maximum absolute atomic E-state index is 13.4. The van der Waals surface area contributed by atoms with Gasteiger partial charge >= 0.3 is 0 Å². The fourth-order valence-corrected chi connectivity index (χ4v) is 4.27. The Morgan fingerprint density at radius 1 is 0.941 bits per heavy atom. The van der Waals surface area contributed by atoms with Gasteiger partial charge in [0.05, 0.1) is 22.5 Å². The maximum atomic E-state index is 13.4. The van der Waals surface area contributed by atoms with Gasteiger partial charge in [0, 0.05) is 6.54 Å². The highest BCUT2D eigenvalue weighted by molar-refractivity contribution is 5.84. The van der Waals surface area contributed by atoms with Crippen LogP contribution in [0.4, 0.5) is 0 Å². The molecule has 2 aromatic heterocycles. The predicted octanol–water partition coefficient (Wildman–Crippen LogP) is 4.13. The Balaban J connectivity index is 1.62. The van der Waals surface area contributed by atoms with Crippen molar-refractivity contribution in [3.05, 3.63) is 87.0 Å². The van der Waals surface area contributed by atoms with E-state index >= 15 is 0 Å². The molecule has 4 rings (SSSR count). The van der Waals surface area contributed by atoms with Crippen LogP contribution in [0.3, 0.4) is 0 Å². The average molecular weight is 458 g/mol. The van der Waals surface area contributed by atoms with E-state index in [1.807, 2.05) is 58.9 Å². The molecular weight excluding hydrogens is 426 g/mol. The van der Waals surface area contributed by atoms with Crippen LogP contribution in [0.25, 0.3) is 16.6 Å². The SMILES string of the molecule is CC[C@@H](C(=O)NCCc1ccc(C)cc1)n1nc(C)c2c(C)n(-c3ccc(C)cc3)nc2c1=O. The first-order chi connectivity index (χ1) is 16.3. The van der Waals surface area contributed by atoms with Crippen LogP contribution in [-0.4, -0.2) is 32.0 Å².